The van der Waals surface area contributed by atoms with E-state index < -0.39 is 17.8 Å². The van der Waals surface area contributed by atoms with Gasteiger partial charge in [-0.1, -0.05) is 35.9 Å². The van der Waals surface area contributed by atoms with Gasteiger partial charge in [-0.2, -0.15) is 5.10 Å². The molecule has 0 radical (unpaired) electrons. The third-order valence-electron chi connectivity index (χ3n) is 4.96. The Balaban J connectivity index is 1.66. The van der Waals surface area contributed by atoms with Gasteiger partial charge in [0, 0.05) is 11.3 Å². The summed E-state index contributed by atoms with van der Waals surface area (Å²) in [5.41, 5.74) is 6.14. The molecule has 0 bridgehead atoms. The first-order valence-corrected chi connectivity index (χ1v) is 10.5. The molecule has 0 saturated heterocycles. The lowest BCUT2D eigenvalue weighted by Gasteiger charge is -2.11. The summed E-state index contributed by atoms with van der Waals surface area (Å²) < 4.78 is 10.8. The number of nitrogens with one attached hydrogen (secondary N) is 2. The smallest absolute Gasteiger partial charge is 0.343 e. The number of hydrogen-bond donors (Lipinski definition) is 2. The second-order valence-corrected chi connectivity index (χ2v) is 7.53. The number of hydrazone groups is 1. The number of nitrogens with zero attached hydrogens (tertiary/aromatic N) is 1. The number of hydrogen-bond acceptors (Lipinski definition) is 6. The molecule has 34 heavy (non-hydrogen) atoms. The molecule has 0 atom stereocenters. The predicted octanol–water partition coefficient (Wildman–Crippen LogP) is 4.01. The van der Waals surface area contributed by atoms with Crippen LogP contribution in [0.3, 0.4) is 0 Å². The van der Waals surface area contributed by atoms with Crippen LogP contribution in [0.5, 0.6) is 11.5 Å². The maximum Gasteiger partial charge on any atom is 0.343 e. The highest BCUT2D eigenvalue weighted by Crippen LogP contribution is 2.29. The lowest BCUT2D eigenvalue weighted by atomic mass is 10.1. The van der Waals surface area contributed by atoms with Gasteiger partial charge in [0.25, 0.3) is 0 Å². The Morgan fingerprint density at radius 1 is 0.824 bits per heavy atom. The van der Waals surface area contributed by atoms with E-state index in [0.29, 0.717) is 28.3 Å². The fraction of sp³-hybridized carbons (Fsp3) is 0.154. The second-order valence-electron chi connectivity index (χ2n) is 7.53. The van der Waals surface area contributed by atoms with Gasteiger partial charge in [-0.25, -0.2) is 10.2 Å². The molecule has 0 aromatic heterocycles. The monoisotopic (exact) mass is 459 g/mol. The molecule has 0 unspecified atom stereocenters. The van der Waals surface area contributed by atoms with Crippen LogP contribution in [0.1, 0.15) is 34.0 Å². The van der Waals surface area contributed by atoms with Gasteiger partial charge in [-0.15, -0.1) is 0 Å². The van der Waals surface area contributed by atoms with E-state index in [0.717, 1.165) is 11.1 Å². The molecule has 0 aliphatic carbocycles. The molecule has 3 aromatic rings. The van der Waals surface area contributed by atoms with Gasteiger partial charge < -0.3 is 14.8 Å². The number of rotatable bonds is 6. The third-order valence-corrected chi connectivity index (χ3v) is 4.96. The Bertz CT molecular complexity index is 1250. The molecule has 2 N–H and O–H groups in total. The van der Waals surface area contributed by atoms with E-state index in [-0.39, 0.29) is 5.75 Å². The predicted molar refractivity (Wildman–Crippen MR) is 129 cm³/mol. The van der Waals surface area contributed by atoms with Crippen LogP contribution < -0.4 is 20.2 Å². The SMILES string of the molecule is COc1cc(/C(C)=N/NC(=O)C(=O)Nc2ccc(C)cc2C)ccc1OC(=O)c1ccccc1. The number of ether oxygens (including phenoxy) is 2. The molecule has 3 aromatic carbocycles. The van der Waals surface area contributed by atoms with Crippen molar-refractivity contribution in [1.29, 1.82) is 0 Å². The molecule has 174 valence electrons. The first kappa shape index (κ1) is 24.2. The number of carbonyl (C=O) groups is 3. The zero-order valence-corrected chi connectivity index (χ0v) is 19.3. The summed E-state index contributed by atoms with van der Waals surface area (Å²) in [7, 11) is 1.45. The molecule has 0 heterocycles. The van der Waals surface area contributed by atoms with Crippen LogP contribution in [0.2, 0.25) is 0 Å². The van der Waals surface area contributed by atoms with Crippen molar-refractivity contribution in [2.75, 3.05) is 12.4 Å². The average Bonchev–Trinajstić information content (AvgIpc) is 2.84. The molecular formula is C26H25N3O5. The molecule has 8 heteroatoms. The van der Waals surface area contributed by atoms with Gasteiger partial charge in [0.2, 0.25) is 0 Å². The van der Waals surface area contributed by atoms with Crippen molar-refractivity contribution in [3.05, 3.63) is 89.0 Å². The Morgan fingerprint density at radius 3 is 2.24 bits per heavy atom. The van der Waals surface area contributed by atoms with E-state index in [2.05, 4.69) is 15.8 Å². The van der Waals surface area contributed by atoms with Crippen molar-refractivity contribution in [2.24, 2.45) is 5.10 Å². The number of esters is 1. The highest BCUT2D eigenvalue weighted by atomic mass is 16.6. The highest BCUT2D eigenvalue weighted by Gasteiger charge is 2.16. The van der Waals surface area contributed by atoms with Crippen LogP contribution in [0.15, 0.2) is 71.8 Å². The van der Waals surface area contributed by atoms with Gasteiger partial charge in [0.1, 0.15) is 0 Å². The zero-order valence-electron chi connectivity index (χ0n) is 19.3. The minimum atomic E-state index is -0.903. The minimum absolute atomic E-state index is 0.241. The van der Waals surface area contributed by atoms with E-state index in [1.54, 1.807) is 61.5 Å². The lowest BCUT2D eigenvalue weighted by Crippen LogP contribution is -2.33. The average molecular weight is 460 g/mol. The number of anilines is 1. The van der Waals surface area contributed by atoms with E-state index in [4.69, 9.17) is 9.47 Å². The summed E-state index contributed by atoms with van der Waals surface area (Å²) in [6, 6.07) is 18.9. The van der Waals surface area contributed by atoms with E-state index in [1.165, 1.54) is 7.11 Å². The summed E-state index contributed by atoms with van der Waals surface area (Å²) in [5, 5.41) is 6.57. The summed E-state index contributed by atoms with van der Waals surface area (Å²) in [6.45, 7) is 5.45. The van der Waals surface area contributed by atoms with Crippen LogP contribution in [0, 0.1) is 13.8 Å². The Morgan fingerprint density at radius 2 is 1.56 bits per heavy atom. The quantitative estimate of drug-likeness (QED) is 0.190. The molecule has 0 saturated carbocycles. The maximum atomic E-state index is 12.3. The third kappa shape index (κ3) is 6.07. The van der Waals surface area contributed by atoms with Crippen molar-refractivity contribution in [3.63, 3.8) is 0 Å². The van der Waals surface area contributed by atoms with Crippen LogP contribution in [-0.4, -0.2) is 30.6 Å². The largest absolute Gasteiger partial charge is 0.493 e. The Hall–Kier alpha value is -4.46. The molecule has 3 rings (SSSR count). The summed E-state index contributed by atoms with van der Waals surface area (Å²) in [5.74, 6) is -1.69. The summed E-state index contributed by atoms with van der Waals surface area (Å²) in [4.78, 5) is 36.7. The molecule has 2 amide bonds. The number of carbonyl (C=O) groups excluding carboxylic acids is 3. The molecule has 0 fully saturated rings. The number of benzene rings is 3. The fourth-order valence-electron chi connectivity index (χ4n) is 3.09. The first-order chi connectivity index (χ1) is 16.3. The first-order valence-electron chi connectivity index (χ1n) is 10.5. The maximum absolute atomic E-state index is 12.3. The number of methoxy groups -OCH3 is 1. The van der Waals surface area contributed by atoms with Gasteiger partial charge in [-0.3, -0.25) is 9.59 Å². The van der Waals surface area contributed by atoms with Crippen molar-refractivity contribution in [1.82, 2.24) is 5.43 Å². The van der Waals surface area contributed by atoms with Crippen molar-refractivity contribution >= 4 is 29.2 Å². The molecule has 0 aliphatic rings. The van der Waals surface area contributed by atoms with Gasteiger partial charge in [0.15, 0.2) is 11.5 Å². The summed E-state index contributed by atoms with van der Waals surface area (Å²) in [6.07, 6.45) is 0. The second kappa shape index (κ2) is 10.9. The molecule has 8 nitrogen and oxygen atoms in total. The van der Waals surface area contributed by atoms with Gasteiger partial charge >= 0.3 is 17.8 Å². The highest BCUT2D eigenvalue weighted by molar-refractivity contribution is 6.39. The fourth-order valence-corrected chi connectivity index (χ4v) is 3.09. The van der Waals surface area contributed by atoms with Gasteiger partial charge in [-0.05, 0) is 62.7 Å². The van der Waals surface area contributed by atoms with E-state index >= 15 is 0 Å². The standard InChI is InChI=1S/C26H25N3O5/c1-16-10-12-21(17(2)14-16)27-24(30)25(31)29-28-18(3)20-11-13-22(23(15-20)33-4)34-26(32)19-8-6-5-7-9-19/h5-15H,1-4H3,(H,27,30)(H,29,31)/b28-18+. The molecule has 0 spiro atoms. The van der Waals surface area contributed by atoms with Crippen LogP contribution in [0.25, 0.3) is 0 Å². The number of amides is 2. The van der Waals surface area contributed by atoms with Crippen LogP contribution in [-0.2, 0) is 9.59 Å². The topological polar surface area (TPSA) is 106 Å². The summed E-state index contributed by atoms with van der Waals surface area (Å²) >= 11 is 0. The molecular weight excluding hydrogens is 434 g/mol. The van der Waals surface area contributed by atoms with E-state index in [9.17, 15) is 14.4 Å². The van der Waals surface area contributed by atoms with Crippen molar-refractivity contribution in [2.45, 2.75) is 20.8 Å². The van der Waals surface area contributed by atoms with Crippen molar-refractivity contribution in [3.8, 4) is 11.5 Å². The number of aryl methyl sites for hydroxylation is 2. The van der Waals surface area contributed by atoms with Crippen LogP contribution in [0.4, 0.5) is 5.69 Å². The zero-order chi connectivity index (χ0) is 24.7. The minimum Gasteiger partial charge on any atom is -0.493 e. The molecule has 0 aliphatic heterocycles. The van der Waals surface area contributed by atoms with E-state index in [1.807, 2.05) is 26.0 Å². The Kier molecular flexibility index (Phi) is 7.76. The van der Waals surface area contributed by atoms with Crippen LogP contribution >= 0.6 is 0 Å². The van der Waals surface area contributed by atoms with Crippen molar-refractivity contribution < 1.29 is 23.9 Å². The normalized spacial score (nSPS) is 10.9. The van der Waals surface area contributed by atoms with Gasteiger partial charge in [0.05, 0.1) is 18.4 Å². The Labute approximate surface area is 197 Å². The lowest BCUT2D eigenvalue weighted by molar-refractivity contribution is -0.136.